The Bertz CT molecular complexity index is 484. The first-order chi connectivity index (χ1) is 8.78. The van der Waals surface area contributed by atoms with E-state index in [-0.39, 0.29) is 5.88 Å². The van der Waals surface area contributed by atoms with Crippen LogP contribution < -0.4 is 0 Å². The lowest BCUT2D eigenvalue weighted by molar-refractivity contribution is 0.333. The van der Waals surface area contributed by atoms with E-state index in [1.165, 1.54) is 11.3 Å². The fourth-order valence-electron chi connectivity index (χ4n) is 1.88. The minimum absolute atomic E-state index is 0.240. The van der Waals surface area contributed by atoms with Crippen molar-refractivity contribution in [2.24, 2.45) is 11.8 Å². The van der Waals surface area contributed by atoms with Crippen LogP contribution in [-0.2, 0) is 15.9 Å². The number of alkyl halides is 1. The van der Waals surface area contributed by atoms with Crippen LogP contribution >= 0.6 is 22.9 Å². The Balaban J connectivity index is 3.11. The van der Waals surface area contributed by atoms with Gasteiger partial charge in [-0.1, -0.05) is 27.7 Å². The highest BCUT2D eigenvalue weighted by Gasteiger charge is 2.28. The predicted molar refractivity (Wildman–Crippen MR) is 82.3 cm³/mol. The lowest BCUT2D eigenvalue weighted by atomic mass is 10.2. The zero-order valence-electron chi connectivity index (χ0n) is 11.9. The van der Waals surface area contributed by atoms with Crippen molar-refractivity contribution in [1.82, 2.24) is 4.31 Å². The summed E-state index contributed by atoms with van der Waals surface area (Å²) in [5, 5.41) is 1.79. The number of hydrogen-bond acceptors (Lipinski definition) is 3. The third-order valence-electron chi connectivity index (χ3n) is 2.58. The first-order valence-electron chi connectivity index (χ1n) is 6.41. The van der Waals surface area contributed by atoms with Crippen LogP contribution in [0.4, 0.5) is 0 Å². The molecule has 0 fully saturated rings. The summed E-state index contributed by atoms with van der Waals surface area (Å²) in [6.07, 6.45) is 0. The van der Waals surface area contributed by atoms with Crippen molar-refractivity contribution in [2.45, 2.75) is 38.5 Å². The molecule has 0 radical (unpaired) electrons. The van der Waals surface area contributed by atoms with E-state index in [0.717, 1.165) is 4.88 Å². The van der Waals surface area contributed by atoms with Crippen LogP contribution in [0.3, 0.4) is 0 Å². The van der Waals surface area contributed by atoms with Gasteiger partial charge in [-0.15, -0.1) is 22.9 Å². The Kier molecular flexibility index (Phi) is 6.30. The minimum Gasteiger partial charge on any atom is -0.207 e. The molecule has 0 saturated heterocycles. The highest BCUT2D eigenvalue weighted by atomic mass is 35.5. The largest absolute Gasteiger partial charge is 0.244 e. The van der Waals surface area contributed by atoms with Crippen LogP contribution in [0.2, 0.25) is 0 Å². The maximum Gasteiger partial charge on any atom is 0.244 e. The molecule has 0 saturated carbocycles. The van der Waals surface area contributed by atoms with Crippen molar-refractivity contribution < 1.29 is 8.42 Å². The van der Waals surface area contributed by atoms with Gasteiger partial charge in [-0.25, -0.2) is 8.42 Å². The molecule has 1 heterocycles. The first kappa shape index (κ1) is 17.0. The second kappa shape index (κ2) is 7.07. The van der Waals surface area contributed by atoms with Gasteiger partial charge in [0, 0.05) is 18.0 Å². The molecule has 0 aliphatic rings. The van der Waals surface area contributed by atoms with E-state index in [1.54, 1.807) is 15.8 Å². The molecule has 19 heavy (non-hydrogen) atoms. The number of nitrogens with zero attached hydrogens (tertiary/aromatic N) is 1. The molecule has 1 aromatic rings. The second-order valence-electron chi connectivity index (χ2n) is 5.45. The molecule has 1 aromatic heterocycles. The highest BCUT2D eigenvalue weighted by Crippen LogP contribution is 2.27. The zero-order chi connectivity index (χ0) is 14.6. The van der Waals surface area contributed by atoms with E-state index in [1.807, 2.05) is 27.7 Å². The van der Waals surface area contributed by atoms with Gasteiger partial charge in [0.1, 0.15) is 0 Å². The van der Waals surface area contributed by atoms with Crippen LogP contribution in [0, 0.1) is 11.8 Å². The van der Waals surface area contributed by atoms with Gasteiger partial charge in [0.15, 0.2) is 0 Å². The van der Waals surface area contributed by atoms with E-state index in [0.29, 0.717) is 29.8 Å². The molecule has 0 aromatic carbocycles. The molecule has 0 atom stereocenters. The van der Waals surface area contributed by atoms with Crippen molar-refractivity contribution in [3.63, 3.8) is 0 Å². The third-order valence-corrected chi connectivity index (χ3v) is 5.97. The fourth-order valence-corrected chi connectivity index (χ4v) is 5.32. The number of halogens is 1. The Morgan fingerprint density at radius 1 is 1.21 bits per heavy atom. The topological polar surface area (TPSA) is 37.4 Å². The fraction of sp³-hybridized carbons (Fsp3) is 0.692. The van der Waals surface area contributed by atoms with Gasteiger partial charge in [0.2, 0.25) is 10.0 Å². The SMILES string of the molecule is CC(C)CN(CC(C)C)S(=O)(=O)c1ccsc1CCl. The summed E-state index contributed by atoms with van der Waals surface area (Å²) in [6.45, 7) is 9.19. The molecule has 6 heteroatoms. The smallest absolute Gasteiger partial charge is 0.207 e. The molecule has 0 unspecified atom stereocenters. The molecular formula is C13H22ClNO2S2. The molecule has 110 valence electrons. The number of hydrogen-bond donors (Lipinski definition) is 0. The molecule has 0 aliphatic heterocycles. The monoisotopic (exact) mass is 323 g/mol. The van der Waals surface area contributed by atoms with Gasteiger partial charge in [-0.3, -0.25) is 0 Å². The molecular weight excluding hydrogens is 302 g/mol. The van der Waals surface area contributed by atoms with Crippen LogP contribution in [-0.4, -0.2) is 25.8 Å². The van der Waals surface area contributed by atoms with Crippen LogP contribution in [0.1, 0.15) is 32.6 Å². The molecule has 3 nitrogen and oxygen atoms in total. The van der Waals surface area contributed by atoms with Crippen LogP contribution in [0.5, 0.6) is 0 Å². The predicted octanol–water partition coefficient (Wildman–Crippen LogP) is 3.79. The molecule has 1 rings (SSSR count). The zero-order valence-corrected chi connectivity index (χ0v) is 14.3. The van der Waals surface area contributed by atoms with Gasteiger partial charge in [0.05, 0.1) is 10.8 Å². The van der Waals surface area contributed by atoms with Crippen molar-refractivity contribution in [2.75, 3.05) is 13.1 Å². The van der Waals surface area contributed by atoms with E-state index in [9.17, 15) is 8.42 Å². The maximum atomic E-state index is 12.7. The lowest BCUT2D eigenvalue weighted by Gasteiger charge is -2.25. The molecule has 0 aliphatic carbocycles. The average Bonchev–Trinajstić information content (AvgIpc) is 2.75. The summed E-state index contributed by atoms with van der Waals surface area (Å²) in [7, 11) is -3.43. The van der Waals surface area contributed by atoms with Crippen molar-refractivity contribution in [3.8, 4) is 0 Å². The Hall–Kier alpha value is -0.100. The van der Waals surface area contributed by atoms with Gasteiger partial charge in [-0.05, 0) is 23.3 Å². The van der Waals surface area contributed by atoms with Crippen LogP contribution in [0.25, 0.3) is 0 Å². The molecule has 0 amide bonds. The Morgan fingerprint density at radius 2 is 1.74 bits per heavy atom. The van der Waals surface area contributed by atoms with Crippen molar-refractivity contribution in [3.05, 3.63) is 16.3 Å². The normalized spacial score (nSPS) is 12.8. The molecule has 0 bridgehead atoms. The quantitative estimate of drug-likeness (QED) is 0.716. The minimum atomic E-state index is -3.43. The molecule has 0 N–H and O–H groups in total. The Labute approximate surface area is 125 Å². The summed E-state index contributed by atoms with van der Waals surface area (Å²) in [5.74, 6) is 0.835. The van der Waals surface area contributed by atoms with E-state index < -0.39 is 10.0 Å². The Morgan fingerprint density at radius 3 is 2.16 bits per heavy atom. The van der Waals surface area contributed by atoms with E-state index in [2.05, 4.69) is 0 Å². The second-order valence-corrected chi connectivity index (χ2v) is 8.63. The van der Waals surface area contributed by atoms with Gasteiger partial charge in [-0.2, -0.15) is 4.31 Å². The van der Waals surface area contributed by atoms with E-state index >= 15 is 0 Å². The summed E-state index contributed by atoms with van der Waals surface area (Å²) in [6, 6.07) is 1.66. The number of sulfonamides is 1. The van der Waals surface area contributed by atoms with Crippen LogP contribution in [0.15, 0.2) is 16.3 Å². The van der Waals surface area contributed by atoms with Gasteiger partial charge < -0.3 is 0 Å². The van der Waals surface area contributed by atoms with E-state index in [4.69, 9.17) is 11.6 Å². The highest BCUT2D eigenvalue weighted by molar-refractivity contribution is 7.89. The van der Waals surface area contributed by atoms with Crippen molar-refractivity contribution in [1.29, 1.82) is 0 Å². The lowest BCUT2D eigenvalue weighted by Crippen LogP contribution is -2.37. The van der Waals surface area contributed by atoms with Gasteiger partial charge >= 0.3 is 0 Å². The number of thiophene rings is 1. The summed E-state index contributed by atoms with van der Waals surface area (Å²) in [5.41, 5.74) is 0. The number of rotatable bonds is 7. The summed E-state index contributed by atoms with van der Waals surface area (Å²) < 4.78 is 27.0. The summed E-state index contributed by atoms with van der Waals surface area (Å²) in [4.78, 5) is 1.09. The third kappa shape index (κ3) is 4.45. The average molecular weight is 324 g/mol. The molecule has 0 spiro atoms. The standard InChI is InChI=1S/C13H22ClNO2S2/c1-10(2)8-15(9-11(3)4)19(16,17)13-5-6-18-12(13)7-14/h5-6,10-11H,7-9H2,1-4H3. The van der Waals surface area contributed by atoms with Gasteiger partial charge in [0.25, 0.3) is 0 Å². The van der Waals surface area contributed by atoms with Crippen molar-refractivity contribution >= 4 is 33.0 Å². The summed E-state index contributed by atoms with van der Waals surface area (Å²) >= 11 is 7.22. The first-order valence-corrected chi connectivity index (χ1v) is 9.27. The maximum absolute atomic E-state index is 12.7.